The van der Waals surface area contributed by atoms with Crippen LogP contribution in [-0.4, -0.2) is 50.3 Å². The lowest BCUT2D eigenvalue weighted by molar-refractivity contribution is -0.143. The van der Waals surface area contributed by atoms with E-state index in [9.17, 15) is 9.59 Å². The van der Waals surface area contributed by atoms with Crippen molar-refractivity contribution in [2.45, 2.75) is 13.3 Å². The Kier molecular flexibility index (Phi) is 8.02. The molecule has 0 spiro atoms. The van der Waals surface area contributed by atoms with Crippen molar-refractivity contribution < 1.29 is 23.8 Å². The topological polar surface area (TPSA) is 113 Å². The van der Waals surface area contributed by atoms with Crippen molar-refractivity contribution in [2.24, 2.45) is 0 Å². The first kappa shape index (κ1) is 20.7. The number of nitrogens with one attached hydrogen (secondary N) is 1. The first-order chi connectivity index (χ1) is 13.0. The third-order valence-corrected chi connectivity index (χ3v) is 4.37. The molecule has 0 fully saturated rings. The van der Waals surface area contributed by atoms with Crippen LogP contribution in [0.1, 0.15) is 12.6 Å². The van der Waals surface area contributed by atoms with E-state index in [1.54, 1.807) is 31.5 Å². The van der Waals surface area contributed by atoms with Crippen molar-refractivity contribution >= 4 is 28.9 Å². The van der Waals surface area contributed by atoms with Crippen molar-refractivity contribution in [1.29, 1.82) is 0 Å². The van der Waals surface area contributed by atoms with E-state index in [0.717, 1.165) is 10.6 Å². The zero-order valence-electron chi connectivity index (χ0n) is 15.3. The monoisotopic (exact) mass is 393 g/mol. The van der Waals surface area contributed by atoms with E-state index in [1.165, 1.54) is 11.3 Å². The molecule has 1 aromatic carbocycles. The van der Waals surface area contributed by atoms with Crippen molar-refractivity contribution in [1.82, 2.24) is 10.3 Å². The van der Waals surface area contributed by atoms with Crippen molar-refractivity contribution in [3.05, 3.63) is 29.3 Å². The summed E-state index contributed by atoms with van der Waals surface area (Å²) in [6.07, 6.45) is 0.0869. The van der Waals surface area contributed by atoms with Gasteiger partial charge in [-0.15, -0.1) is 11.3 Å². The number of hydrogen-bond acceptors (Lipinski definition) is 8. The SMILES string of the molecule is CCOC(=O)CNC(=O)Cc1csc(-c2ccc(OCCOC)c(N)c2)n1. The van der Waals surface area contributed by atoms with E-state index in [4.69, 9.17) is 19.9 Å². The number of methoxy groups -OCH3 is 1. The van der Waals surface area contributed by atoms with Crippen LogP contribution < -0.4 is 15.8 Å². The molecule has 0 radical (unpaired) electrons. The molecule has 146 valence electrons. The van der Waals surface area contributed by atoms with Crippen LogP contribution in [0, 0.1) is 0 Å². The molecule has 0 aliphatic heterocycles. The molecular formula is C18H23N3O5S. The zero-order chi connectivity index (χ0) is 19.6. The highest BCUT2D eigenvalue weighted by atomic mass is 32.1. The molecule has 8 nitrogen and oxygen atoms in total. The highest BCUT2D eigenvalue weighted by molar-refractivity contribution is 7.13. The molecular weight excluding hydrogens is 370 g/mol. The number of anilines is 1. The molecule has 1 aromatic heterocycles. The molecule has 0 saturated heterocycles. The van der Waals surface area contributed by atoms with Crippen LogP contribution >= 0.6 is 11.3 Å². The van der Waals surface area contributed by atoms with E-state index in [0.29, 0.717) is 30.3 Å². The molecule has 1 amide bonds. The first-order valence-corrected chi connectivity index (χ1v) is 9.29. The van der Waals surface area contributed by atoms with Crippen LogP contribution in [0.2, 0.25) is 0 Å². The molecule has 2 rings (SSSR count). The summed E-state index contributed by atoms with van der Waals surface area (Å²) in [7, 11) is 1.60. The van der Waals surface area contributed by atoms with Gasteiger partial charge in [-0.05, 0) is 25.1 Å². The first-order valence-electron chi connectivity index (χ1n) is 8.41. The molecule has 0 atom stereocenters. The molecule has 27 heavy (non-hydrogen) atoms. The number of esters is 1. The van der Waals surface area contributed by atoms with E-state index in [-0.39, 0.29) is 25.5 Å². The normalized spacial score (nSPS) is 10.4. The van der Waals surface area contributed by atoms with E-state index >= 15 is 0 Å². The second-order valence-electron chi connectivity index (χ2n) is 5.50. The number of nitrogens with zero attached hydrogens (tertiary/aromatic N) is 1. The number of carbonyl (C=O) groups is 2. The second kappa shape index (κ2) is 10.5. The Bertz CT molecular complexity index is 778. The second-order valence-corrected chi connectivity index (χ2v) is 6.35. The van der Waals surface area contributed by atoms with Gasteiger partial charge in [-0.25, -0.2) is 4.98 Å². The van der Waals surface area contributed by atoms with Crippen molar-refractivity contribution in [3.63, 3.8) is 0 Å². The minimum Gasteiger partial charge on any atom is -0.489 e. The largest absolute Gasteiger partial charge is 0.489 e. The summed E-state index contributed by atoms with van der Waals surface area (Å²) in [4.78, 5) is 27.6. The summed E-state index contributed by atoms with van der Waals surface area (Å²) in [5.74, 6) is -0.166. The van der Waals surface area contributed by atoms with Gasteiger partial charge in [0.25, 0.3) is 0 Å². The number of ether oxygens (including phenoxy) is 3. The maximum atomic E-state index is 11.9. The number of rotatable bonds is 10. The Balaban J connectivity index is 1.93. The van der Waals surface area contributed by atoms with Gasteiger partial charge in [-0.1, -0.05) is 0 Å². The molecule has 0 unspecified atom stereocenters. The fourth-order valence-corrected chi connectivity index (χ4v) is 3.00. The Labute approximate surface area is 161 Å². The van der Waals surface area contributed by atoms with Gasteiger partial charge >= 0.3 is 5.97 Å². The summed E-state index contributed by atoms with van der Waals surface area (Å²) >= 11 is 1.41. The Morgan fingerprint density at radius 2 is 2.11 bits per heavy atom. The van der Waals surface area contributed by atoms with Gasteiger partial charge < -0.3 is 25.3 Å². The van der Waals surface area contributed by atoms with Gasteiger partial charge in [0.1, 0.15) is 23.9 Å². The van der Waals surface area contributed by atoms with Gasteiger partial charge in [0.2, 0.25) is 5.91 Å². The standard InChI is InChI=1S/C18H23N3O5S/c1-3-25-17(23)10-20-16(22)9-13-11-27-18(21-13)12-4-5-15(14(19)8-12)26-7-6-24-2/h4-5,8,11H,3,6-7,9-10,19H2,1-2H3,(H,20,22). The number of benzene rings is 1. The Hall–Kier alpha value is -2.65. The average Bonchev–Trinajstić information content (AvgIpc) is 3.10. The highest BCUT2D eigenvalue weighted by Crippen LogP contribution is 2.30. The summed E-state index contributed by atoms with van der Waals surface area (Å²) in [6.45, 7) is 2.74. The number of aromatic nitrogens is 1. The van der Waals surface area contributed by atoms with Crippen LogP contribution in [0.3, 0.4) is 0 Å². The van der Waals surface area contributed by atoms with E-state index < -0.39 is 5.97 Å². The molecule has 0 aliphatic carbocycles. The summed E-state index contributed by atoms with van der Waals surface area (Å²) in [5, 5.41) is 5.06. The van der Waals surface area contributed by atoms with Crippen LogP contribution in [0.5, 0.6) is 5.75 Å². The van der Waals surface area contributed by atoms with Gasteiger partial charge in [0.05, 0.1) is 31.0 Å². The number of carbonyl (C=O) groups excluding carboxylic acids is 2. The lowest BCUT2D eigenvalue weighted by atomic mass is 10.2. The highest BCUT2D eigenvalue weighted by Gasteiger charge is 2.12. The lowest BCUT2D eigenvalue weighted by Crippen LogP contribution is -2.31. The maximum absolute atomic E-state index is 11.9. The molecule has 0 saturated carbocycles. The minimum absolute atomic E-state index is 0.0869. The lowest BCUT2D eigenvalue weighted by Gasteiger charge is -2.09. The quantitative estimate of drug-likeness (QED) is 0.358. The van der Waals surface area contributed by atoms with Crippen LogP contribution in [0.4, 0.5) is 5.69 Å². The number of amides is 1. The van der Waals surface area contributed by atoms with Gasteiger partial charge in [0.15, 0.2) is 0 Å². The average molecular weight is 393 g/mol. The van der Waals surface area contributed by atoms with E-state index in [2.05, 4.69) is 10.3 Å². The summed E-state index contributed by atoms with van der Waals surface area (Å²) in [6, 6.07) is 5.43. The smallest absolute Gasteiger partial charge is 0.325 e. The molecule has 9 heteroatoms. The third-order valence-electron chi connectivity index (χ3n) is 3.43. The molecule has 2 aromatic rings. The fourth-order valence-electron chi connectivity index (χ4n) is 2.18. The number of nitrogens with two attached hydrogens (primary N) is 1. The molecule has 0 bridgehead atoms. The molecule has 1 heterocycles. The van der Waals surface area contributed by atoms with Gasteiger partial charge in [0, 0.05) is 18.1 Å². The van der Waals surface area contributed by atoms with Crippen molar-refractivity contribution in [2.75, 3.05) is 39.2 Å². The van der Waals surface area contributed by atoms with Crippen LogP contribution in [0.25, 0.3) is 10.6 Å². The van der Waals surface area contributed by atoms with E-state index in [1.807, 2.05) is 6.07 Å². The summed E-state index contributed by atoms with van der Waals surface area (Å²) in [5.41, 5.74) is 7.99. The maximum Gasteiger partial charge on any atom is 0.325 e. The Morgan fingerprint density at radius 3 is 2.81 bits per heavy atom. The molecule has 0 aliphatic rings. The predicted octanol–water partition coefficient (Wildman–Crippen LogP) is 1.64. The predicted molar refractivity (Wildman–Crippen MR) is 103 cm³/mol. The van der Waals surface area contributed by atoms with Crippen LogP contribution in [-0.2, 0) is 25.5 Å². The van der Waals surface area contributed by atoms with Crippen LogP contribution in [0.15, 0.2) is 23.6 Å². The fraction of sp³-hybridized carbons (Fsp3) is 0.389. The molecule has 3 N–H and O–H groups in total. The zero-order valence-corrected chi connectivity index (χ0v) is 16.1. The third kappa shape index (κ3) is 6.54. The summed E-state index contributed by atoms with van der Waals surface area (Å²) < 4.78 is 15.2. The minimum atomic E-state index is -0.465. The number of hydrogen-bond donors (Lipinski definition) is 2. The van der Waals surface area contributed by atoms with Crippen molar-refractivity contribution in [3.8, 4) is 16.3 Å². The van der Waals surface area contributed by atoms with Gasteiger partial charge in [-0.2, -0.15) is 0 Å². The van der Waals surface area contributed by atoms with Gasteiger partial charge in [-0.3, -0.25) is 9.59 Å². The number of thiazole rings is 1. The Morgan fingerprint density at radius 1 is 1.30 bits per heavy atom. The number of nitrogen functional groups attached to an aromatic ring is 1.